The number of hydrogen-bond acceptors (Lipinski definition) is 7. The van der Waals surface area contributed by atoms with Gasteiger partial charge in [-0.25, -0.2) is 0 Å². The summed E-state index contributed by atoms with van der Waals surface area (Å²) in [7, 11) is 6.16. The highest BCUT2D eigenvalue weighted by molar-refractivity contribution is 6.13. The molecule has 0 fully saturated rings. The van der Waals surface area contributed by atoms with Gasteiger partial charge in [0.25, 0.3) is 0 Å². The number of hydrogen-bond donors (Lipinski definition) is 1. The Bertz CT molecular complexity index is 1220. The fourth-order valence-corrected chi connectivity index (χ4v) is 5.01. The van der Waals surface area contributed by atoms with Crippen molar-refractivity contribution in [3.8, 4) is 23.0 Å². The van der Waals surface area contributed by atoms with Gasteiger partial charge in [0.2, 0.25) is 11.7 Å². The average molecular weight is 479 g/mol. The number of ketones is 1. The lowest BCUT2D eigenvalue weighted by Crippen LogP contribution is -2.39. The molecule has 1 N–H and O–H groups in total. The van der Waals surface area contributed by atoms with E-state index in [-0.39, 0.29) is 11.7 Å². The normalized spacial score (nSPS) is 19.5. The molecular formula is C27H30N2O6. The molecule has 8 nitrogen and oxygen atoms in total. The molecule has 0 radical (unpaired) electrons. The Hall–Kier alpha value is -3.81. The quantitative estimate of drug-likeness (QED) is 0.628. The Morgan fingerprint density at radius 1 is 0.914 bits per heavy atom. The molecule has 0 saturated carbocycles. The third-order valence-electron chi connectivity index (χ3n) is 6.55. The van der Waals surface area contributed by atoms with Crippen LogP contribution in [0.1, 0.15) is 37.7 Å². The third-order valence-corrected chi connectivity index (χ3v) is 6.55. The number of nitrogens with zero attached hydrogens (tertiary/aromatic N) is 1. The highest BCUT2D eigenvalue weighted by Gasteiger charge is 2.44. The van der Waals surface area contributed by atoms with Crippen LogP contribution in [0.5, 0.6) is 23.0 Å². The summed E-state index contributed by atoms with van der Waals surface area (Å²) < 4.78 is 22.2. The molecule has 2 aliphatic rings. The van der Waals surface area contributed by atoms with Crippen LogP contribution in [0.4, 0.5) is 5.69 Å². The van der Waals surface area contributed by atoms with Gasteiger partial charge in [-0.05, 0) is 38.0 Å². The van der Waals surface area contributed by atoms with E-state index in [2.05, 4.69) is 5.32 Å². The van der Waals surface area contributed by atoms with E-state index in [0.29, 0.717) is 58.4 Å². The number of para-hydroxylation sites is 2. The van der Waals surface area contributed by atoms with E-state index < -0.39 is 11.8 Å². The van der Waals surface area contributed by atoms with Crippen molar-refractivity contribution in [3.05, 3.63) is 53.2 Å². The predicted octanol–water partition coefficient (Wildman–Crippen LogP) is 4.54. The molecule has 1 heterocycles. The van der Waals surface area contributed by atoms with Gasteiger partial charge in [-0.2, -0.15) is 0 Å². The van der Waals surface area contributed by atoms with E-state index in [9.17, 15) is 9.59 Å². The molecule has 184 valence electrons. The molecular weight excluding hydrogens is 448 g/mol. The minimum Gasteiger partial charge on any atom is -0.495 e. The summed E-state index contributed by atoms with van der Waals surface area (Å²) in [6.07, 6.45) is 1.84. The van der Waals surface area contributed by atoms with Crippen molar-refractivity contribution in [2.24, 2.45) is 10.9 Å². The zero-order valence-electron chi connectivity index (χ0n) is 20.6. The standard InChI is InChI=1S/C27H30N2O6/c1-15-22(27(31)29-17-9-6-7-12-20(17)32-2)23(24-18(28-15)10-8-11-19(24)30)16-13-14-21(33-3)26(35-5)25(16)34-4/h6-7,9,12-14,22-23H,8,10-11H2,1-5H3,(H,29,31)/t22?,23-/m1/s1. The van der Waals surface area contributed by atoms with Crippen molar-refractivity contribution in [1.29, 1.82) is 0 Å². The third kappa shape index (κ3) is 4.36. The topological polar surface area (TPSA) is 95.5 Å². The number of benzene rings is 2. The summed E-state index contributed by atoms with van der Waals surface area (Å²) in [5.41, 5.74) is 3.14. The first-order chi connectivity index (χ1) is 16.9. The largest absolute Gasteiger partial charge is 0.495 e. The molecule has 1 unspecified atom stereocenters. The van der Waals surface area contributed by atoms with Crippen molar-refractivity contribution >= 4 is 23.1 Å². The van der Waals surface area contributed by atoms with E-state index >= 15 is 0 Å². The minimum atomic E-state index is -0.743. The zero-order valence-corrected chi connectivity index (χ0v) is 20.6. The molecule has 0 aromatic heterocycles. The molecule has 8 heteroatoms. The second-order valence-corrected chi connectivity index (χ2v) is 8.46. The van der Waals surface area contributed by atoms with Gasteiger partial charge >= 0.3 is 0 Å². The van der Waals surface area contributed by atoms with E-state index in [0.717, 1.165) is 12.1 Å². The van der Waals surface area contributed by atoms with Gasteiger partial charge in [-0.15, -0.1) is 0 Å². The van der Waals surface area contributed by atoms with Crippen LogP contribution in [0.3, 0.4) is 0 Å². The first-order valence-corrected chi connectivity index (χ1v) is 11.5. The number of carbonyl (C=O) groups excluding carboxylic acids is 2. The van der Waals surface area contributed by atoms with Crippen molar-refractivity contribution in [1.82, 2.24) is 0 Å². The van der Waals surface area contributed by atoms with Crippen LogP contribution in [0.2, 0.25) is 0 Å². The fourth-order valence-electron chi connectivity index (χ4n) is 5.01. The summed E-state index contributed by atoms with van der Waals surface area (Å²) >= 11 is 0. The zero-order chi connectivity index (χ0) is 25.1. The molecule has 2 atom stereocenters. The van der Waals surface area contributed by atoms with Gasteiger partial charge in [0, 0.05) is 34.9 Å². The monoisotopic (exact) mass is 478 g/mol. The number of aliphatic imine (C=N–C) groups is 1. The van der Waals surface area contributed by atoms with Crippen molar-refractivity contribution in [2.75, 3.05) is 33.8 Å². The maximum atomic E-state index is 13.8. The van der Waals surface area contributed by atoms with Gasteiger partial charge in [-0.3, -0.25) is 14.6 Å². The first kappa shape index (κ1) is 24.3. The second-order valence-electron chi connectivity index (χ2n) is 8.46. The SMILES string of the molecule is COc1ccccc1NC(=O)C1C(C)=NC2=C(C(=O)CCC2)[C@@H]1c1ccc(OC)c(OC)c1OC. The van der Waals surface area contributed by atoms with Crippen LogP contribution >= 0.6 is 0 Å². The molecule has 35 heavy (non-hydrogen) atoms. The molecule has 1 aliphatic heterocycles. The molecule has 0 bridgehead atoms. The van der Waals surface area contributed by atoms with Gasteiger partial charge in [0.15, 0.2) is 17.3 Å². The number of Topliss-reactive ketones (excluding diaryl/α,β-unsaturated/α-hetero) is 1. The Balaban J connectivity index is 1.88. The van der Waals surface area contributed by atoms with Crippen molar-refractivity contribution < 1.29 is 28.5 Å². The number of ether oxygens (including phenoxy) is 4. The smallest absolute Gasteiger partial charge is 0.234 e. The highest BCUT2D eigenvalue weighted by Crippen LogP contribution is 2.50. The summed E-state index contributed by atoms with van der Waals surface area (Å²) in [5, 5.41) is 2.98. The molecule has 1 aliphatic carbocycles. The van der Waals surface area contributed by atoms with Crippen LogP contribution in [0.25, 0.3) is 0 Å². The molecule has 1 amide bonds. The fraction of sp³-hybridized carbons (Fsp3) is 0.370. The van der Waals surface area contributed by atoms with Gasteiger partial charge in [0.05, 0.1) is 40.0 Å². The molecule has 2 aromatic rings. The van der Waals surface area contributed by atoms with E-state index in [4.69, 9.17) is 23.9 Å². The number of anilines is 1. The Morgan fingerprint density at radius 2 is 1.63 bits per heavy atom. The van der Waals surface area contributed by atoms with Crippen molar-refractivity contribution in [3.63, 3.8) is 0 Å². The van der Waals surface area contributed by atoms with E-state index in [1.807, 2.05) is 25.1 Å². The number of allylic oxidation sites excluding steroid dienone is 2. The minimum absolute atomic E-state index is 0.000528. The number of carbonyl (C=O) groups is 2. The Labute approximate surface area is 204 Å². The van der Waals surface area contributed by atoms with Crippen molar-refractivity contribution in [2.45, 2.75) is 32.1 Å². The lowest BCUT2D eigenvalue weighted by molar-refractivity contribution is -0.119. The van der Waals surface area contributed by atoms with Gasteiger partial charge < -0.3 is 24.3 Å². The number of nitrogens with one attached hydrogen (secondary N) is 1. The molecule has 4 rings (SSSR count). The van der Waals surface area contributed by atoms with Crippen LogP contribution < -0.4 is 24.3 Å². The van der Waals surface area contributed by atoms with E-state index in [1.165, 1.54) is 14.2 Å². The lowest BCUT2D eigenvalue weighted by Gasteiger charge is -2.35. The van der Waals surface area contributed by atoms with Crippen LogP contribution in [-0.4, -0.2) is 45.8 Å². The molecule has 2 aromatic carbocycles. The lowest BCUT2D eigenvalue weighted by atomic mass is 9.71. The maximum absolute atomic E-state index is 13.8. The summed E-state index contributed by atoms with van der Waals surface area (Å²) in [4.78, 5) is 31.8. The van der Waals surface area contributed by atoms with Gasteiger partial charge in [0.1, 0.15) is 5.75 Å². The highest BCUT2D eigenvalue weighted by atomic mass is 16.5. The molecule has 0 saturated heterocycles. The summed E-state index contributed by atoms with van der Waals surface area (Å²) in [6.45, 7) is 1.83. The van der Waals surface area contributed by atoms with Crippen LogP contribution in [-0.2, 0) is 9.59 Å². The second kappa shape index (κ2) is 10.2. The summed E-state index contributed by atoms with van der Waals surface area (Å²) in [5.74, 6) is 0.233. The predicted molar refractivity (Wildman–Crippen MR) is 133 cm³/mol. The first-order valence-electron chi connectivity index (χ1n) is 11.5. The summed E-state index contributed by atoms with van der Waals surface area (Å²) in [6, 6.07) is 10.8. The molecule has 0 spiro atoms. The Kier molecular flexibility index (Phi) is 7.10. The number of methoxy groups -OCH3 is 4. The maximum Gasteiger partial charge on any atom is 0.234 e. The number of rotatable bonds is 7. The Morgan fingerprint density at radius 3 is 2.31 bits per heavy atom. The van der Waals surface area contributed by atoms with Crippen LogP contribution in [0, 0.1) is 5.92 Å². The number of amides is 1. The van der Waals surface area contributed by atoms with Crippen LogP contribution in [0.15, 0.2) is 52.7 Å². The van der Waals surface area contributed by atoms with E-state index in [1.54, 1.807) is 32.4 Å². The van der Waals surface area contributed by atoms with Gasteiger partial charge in [-0.1, -0.05) is 18.2 Å². The average Bonchev–Trinajstić information content (AvgIpc) is 2.87.